The van der Waals surface area contributed by atoms with Crippen LogP contribution >= 0.6 is 0 Å². The Bertz CT molecular complexity index is 1340. The molecular formula is C26H26F3N3O5. The molecule has 1 saturated carbocycles. The zero-order chi connectivity index (χ0) is 26.9. The minimum atomic E-state index is -1.59. The van der Waals surface area contributed by atoms with E-state index in [-0.39, 0.29) is 35.8 Å². The van der Waals surface area contributed by atoms with E-state index < -0.39 is 35.2 Å². The first-order valence-electron chi connectivity index (χ1n) is 11.6. The molecule has 0 bridgehead atoms. The van der Waals surface area contributed by atoms with Gasteiger partial charge in [-0.3, -0.25) is 0 Å². The molecule has 2 N–H and O–H groups in total. The number of nitrogens with one attached hydrogen (secondary N) is 1. The van der Waals surface area contributed by atoms with Gasteiger partial charge < -0.3 is 19.9 Å². The lowest BCUT2D eigenvalue weighted by atomic mass is 9.89. The predicted molar refractivity (Wildman–Crippen MR) is 129 cm³/mol. The summed E-state index contributed by atoms with van der Waals surface area (Å²) in [5.41, 5.74) is -0.667. The lowest BCUT2D eigenvalue weighted by Gasteiger charge is -2.36. The standard InChI is InChI=1S/C26H26F3N3O5/c1-26(2,3)37-25(35)32(24(33)34)23-11-18-14(12-31-23)4-6-20(28)19(18)13-30-16-9-17(10-16)36-22-7-5-15(27)8-21(22)29/h4-8,11-12,16-17,30H,9-10,13H2,1-3H3,(H,33,34)/t16-,17-. The van der Waals surface area contributed by atoms with Crippen molar-refractivity contribution in [3.63, 3.8) is 0 Å². The molecule has 0 unspecified atom stereocenters. The smallest absolute Gasteiger partial charge is 0.425 e. The number of fused-ring (bicyclic) bond motifs is 1. The van der Waals surface area contributed by atoms with E-state index in [4.69, 9.17) is 9.47 Å². The normalized spacial score (nSPS) is 17.2. The highest BCUT2D eigenvalue weighted by Crippen LogP contribution is 2.30. The van der Waals surface area contributed by atoms with E-state index in [9.17, 15) is 27.9 Å². The molecule has 11 heteroatoms. The fraction of sp³-hybridized carbons (Fsp3) is 0.346. The molecule has 0 aliphatic heterocycles. The van der Waals surface area contributed by atoms with Gasteiger partial charge >= 0.3 is 12.2 Å². The van der Waals surface area contributed by atoms with Crippen molar-refractivity contribution >= 4 is 28.8 Å². The number of nitrogens with zero attached hydrogens (tertiary/aromatic N) is 2. The first-order chi connectivity index (χ1) is 17.4. The molecule has 1 aromatic heterocycles. The van der Waals surface area contributed by atoms with Gasteiger partial charge in [0.15, 0.2) is 11.6 Å². The van der Waals surface area contributed by atoms with E-state index in [1.54, 1.807) is 20.8 Å². The molecule has 1 fully saturated rings. The van der Waals surface area contributed by atoms with E-state index in [1.165, 1.54) is 30.5 Å². The summed E-state index contributed by atoms with van der Waals surface area (Å²) in [7, 11) is 0. The molecule has 0 saturated heterocycles. The summed E-state index contributed by atoms with van der Waals surface area (Å²) in [6.07, 6.45) is -0.568. The van der Waals surface area contributed by atoms with Crippen LogP contribution in [-0.2, 0) is 11.3 Å². The number of carbonyl (C=O) groups is 2. The number of anilines is 1. The monoisotopic (exact) mass is 517 g/mol. The van der Waals surface area contributed by atoms with Crippen LogP contribution < -0.4 is 15.0 Å². The SMILES string of the molecule is CC(C)(C)OC(=O)N(C(=O)O)c1cc2c(CN[C@H]3C[C@H](Oc4ccc(F)cc4F)C3)c(F)ccc2cn1. The fourth-order valence-corrected chi connectivity index (χ4v) is 3.95. The van der Waals surface area contributed by atoms with Crippen molar-refractivity contribution in [1.29, 1.82) is 0 Å². The zero-order valence-corrected chi connectivity index (χ0v) is 20.4. The number of pyridine rings is 1. The first-order valence-corrected chi connectivity index (χ1v) is 11.6. The highest BCUT2D eigenvalue weighted by atomic mass is 19.1. The lowest BCUT2D eigenvalue weighted by molar-refractivity contribution is 0.0581. The van der Waals surface area contributed by atoms with Crippen molar-refractivity contribution in [2.24, 2.45) is 0 Å². The Balaban J connectivity index is 1.47. The number of amides is 2. The number of ether oxygens (including phenoxy) is 2. The Morgan fingerprint density at radius 1 is 1.11 bits per heavy atom. The second-order valence-corrected chi connectivity index (χ2v) is 9.75. The number of imide groups is 1. The largest absolute Gasteiger partial charge is 0.487 e. The highest BCUT2D eigenvalue weighted by molar-refractivity contribution is 6.08. The van der Waals surface area contributed by atoms with Crippen molar-refractivity contribution in [2.75, 3.05) is 4.90 Å². The van der Waals surface area contributed by atoms with Gasteiger partial charge in [0.1, 0.15) is 29.2 Å². The molecule has 0 spiro atoms. The number of aromatic nitrogens is 1. The average Bonchev–Trinajstić information content (AvgIpc) is 2.76. The number of carboxylic acid groups (broad SMARTS) is 1. The van der Waals surface area contributed by atoms with Gasteiger partial charge in [0.2, 0.25) is 0 Å². The summed E-state index contributed by atoms with van der Waals surface area (Å²) in [6.45, 7) is 4.91. The van der Waals surface area contributed by atoms with E-state index in [0.29, 0.717) is 28.5 Å². The summed E-state index contributed by atoms with van der Waals surface area (Å²) in [6, 6.07) is 7.19. The highest BCUT2D eigenvalue weighted by Gasteiger charge is 2.32. The summed E-state index contributed by atoms with van der Waals surface area (Å²) < 4.78 is 52.4. The molecule has 0 atom stereocenters. The number of benzene rings is 2. The van der Waals surface area contributed by atoms with Crippen molar-refractivity contribution < 1.29 is 37.3 Å². The molecule has 1 aliphatic rings. The number of hydrogen-bond donors (Lipinski definition) is 2. The zero-order valence-electron chi connectivity index (χ0n) is 20.4. The topological polar surface area (TPSA) is 101 Å². The second-order valence-electron chi connectivity index (χ2n) is 9.75. The van der Waals surface area contributed by atoms with Crippen molar-refractivity contribution in [3.8, 4) is 5.75 Å². The molecule has 2 amide bonds. The van der Waals surface area contributed by atoms with Gasteiger partial charge in [-0.2, -0.15) is 4.90 Å². The Kier molecular flexibility index (Phi) is 7.26. The van der Waals surface area contributed by atoms with Crippen LogP contribution in [0.2, 0.25) is 0 Å². The van der Waals surface area contributed by atoms with Gasteiger partial charge in [-0.15, -0.1) is 0 Å². The van der Waals surface area contributed by atoms with Crippen LogP contribution in [-0.4, -0.2) is 40.0 Å². The molecule has 8 nitrogen and oxygen atoms in total. The predicted octanol–water partition coefficient (Wildman–Crippen LogP) is 5.77. The molecule has 196 valence electrons. The van der Waals surface area contributed by atoms with Crippen LogP contribution in [0, 0.1) is 17.5 Å². The summed E-state index contributed by atoms with van der Waals surface area (Å²) in [5.74, 6) is -2.24. The summed E-state index contributed by atoms with van der Waals surface area (Å²) >= 11 is 0. The molecular weight excluding hydrogens is 491 g/mol. The van der Waals surface area contributed by atoms with E-state index in [0.717, 1.165) is 12.1 Å². The van der Waals surface area contributed by atoms with Crippen molar-refractivity contribution in [3.05, 3.63) is 65.6 Å². The van der Waals surface area contributed by atoms with Crippen LogP contribution in [0.1, 0.15) is 39.2 Å². The maximum absolute atomic E-state index is 14.8. The van der Waals surface area contributed by atoms with Gasteiger partial charge in [0, 0.05) is 35.8 Å². The van der Waals surface area contributed by atoms with Crippen LogP contribution in [0.5, 0.6) is 5.75 Å². The molecule has 37 heavy (non-hydrogen) atoms. The minimum Gasteiger partial charge on any atom is -0.487 e. The maximum Gasteiger partial charge on any atom is 0.425 e. The van der Waals surface area contributed by atoms with Crippen molar-refractivity contribution in [1.82, 2.24) is 10.3 Å². The molecule has 0 radical (unpaired) electrons. The summed E-state index contributed by atoms with van der Waals surface area (Å²) in [4.78, 5) is 28.7. The van der Waals surface area contributed by atoms with Gasteiger partial charge in [0.25, 0.3) is 0 Å². The lowest BCUT2D eigenvalue weighted by Crippen LogP contribution is -2.46. The van der Waals surface area contributed by atoms with Gasteiger partial charge in [0.05, 0.1) is 0 Å². The molecule has 1 heterocycles. The van der Waals surface area contributed by atoms with Gasteiger partial charge in [-0.1, -0.05) is 0 Å². The fourth-order valence-electron chi connectivity index (χ4n) is 3.95. The maximum atomic E-state index is 14.8. The Morgan fingerprint density at radius 2 is 1.84 bits per heavy atom. The third kappa shape index (κ3) is 6.11. The Labute approximate surface area is 211 Å². The number of rotatable bonds is 6. The molecule has 3 aromatic rings. The molecule has 1 aliphatic carbocycles. The molecule has 4 rings (SSSR count). The van der Waals surface area contributed by atoms with Crippen LogP contribution in [0.3, 0.4) is 0 Å². The summed E-state index contributed by atoms with van der Waals surface area (Å²) in [5, 5.41) is 13.8. The van der Waals surface area contributed by atoms with E-state index >= 15 is 0 Å². The third-order valence-corrected chi connectivity index (χ3v) is 5.79. The number of hydrogen-bond acceptors (Lipinski definition) is 6. The van der Waals surface area contributed by atoms with Crippen LogP contribution in [0.15, 0.2) is 42.6 Å². The van der Waals surface area contributed by atoms with E-state index in [2.05, 4.69) is 10.3 Å². The van der Waals surface area contributed by atoms with Crippen molar-refractivity contribution in [2.45, 2.75) is 57.9 Å². The van der Waals surface area contributed by atoms with Crippen LogP contribution in [0.4, 0.5) is 28.6 Å². The second kappa shape index (κ2) is 10.3. The van der Waals surface area contributed by atoms with E-state index in [1.807, 2.05) is 0 Å². The minimum absolute atomic E-state index is 0.0297. The molecule has 2 aromatic carbocycles. The van der Waals surface area contributed by atoms with Gasteiger partial charge in [-0.05, 0) is 69.3 Å². The Hall–Kier alpha value is -3.86. The number of halogens is 3. The first kappa shape index (κ1) is 26.2. The Morgan fingerprint density at radius 3 is 2.49 bits per heavy atom. The van der Waals surface area contributed by atoms with Gasteiger partial charge in [-0.25, -0.2) is 27.7 Å². The quantitative estimate of drug-likeness (QED) is 0.428. The number of carbonyl (C=O) groups excluding carboxylic acids is 1. The average molecular weight is 518 g/mol. The third-order valence-electron chi connectivity index (χ3n) is 5.79. The van der Waals surface area contributed by atoms with Crippen LogP contribution in [0.25, 0.3) is 10.8 Å².